The van der Waals surface area contributed by atoms with Gasteiger partial charge in [-0.05, 0) is 74.9 Å². The molecule has 4 rings (SSSR count). The Kier molecular flexibility index (Phi) is 6.85. The fraction of sp³-hybridized carbons (Fsp3) is 0.348. The van der Waals surface area contributed by atoms with Crippen molar-refractivity contribution in [1.82, 2.24) is 19.2 Å². The number of para-hydroxylation sites is 1. The van der Waals surface area contributed by atoms with Crippen LogP contribution in [0.3, 0.4) is 0 Å². The zero-order valence-corrected chi connectivity index (χ0v) is 19.1. The molecule has 1 unspecified atom stereocenters. The summed E-state index contributed by atoms with van der Waals surface area (Å²) in [6.45, 7) is 4.98. The number of hydrogen-bond acceptors (Lipinski definition) is 4. The summed E-state index contributed by atoms with van der Waals surface area (Å²) in [7, 11) is 0. The molecular weight excluding hydrogens is 430 g/mol. The molecule has 2 aromatic carbocycles. The lowest BCUT2D eigenvalue weighted by molar-refractivity contribution is -0.121. The highest BCUT2D eigenvalue weighted by molar-refractivity contribution is 7.71. The van der Waals surface area contributed by atoms with Crippen molar-refractivity contribution in [3.05, 3.63) is 64.4 Å². The van der Waals surface area contributed by atoms with Crippen LogP contribution in [0.5, 0.6) is 0 Å². The van der Waals surface area contributed by atoms with Gasteiger partial charge in [-0.2, -0.15) is 5.10 Å². The highest BCUT2D eigenvalue weighted by atomic mass is 35.5. The first-order valence-electron chi connectivity index (χ1n) is 10.6. The molecule has 8 heteroatoms. The number of carbonyl (C=O) groups is 1. The molecule has 3 aromatic rings. The third-order valence-corrected chi connectivity index (χ3v) is 6.28. The second-order valence-corrected chi connectivity index (χ2v) is 8.57. The molecular formula is C23H26ClN5OS. The number of aromatic nitrogens is 3. The second kappa shape index (κ2) is 9.77. The Balaban J connectivity index is 1.48. The van der Waals surface area contributed by atoms with Crippen molar-refractivity contribution < 1.29 is 4.79 Å². The van der Waals surface area contributed by atoms with Crippen LogP contribution in [0.25, 0.3) is 11.4 Å². The fourth-order valence-corrected chi connectivity index (χ4v) is 4.42. The SMILES string of the molecule is CCn1c(-c2ccc(Cl)cc2)nn(CN2CCCC(C(=O)Nc3ccccc3)C2)c1=S. The van der Waals surface area contributed by atoms with E-state index < -0.39 is 0 Å². The van der Waals surface area contributed by atoms with E-state index in [2.05, 4.69) is 17.1 Å². The van der Waals surface area contributed by atoms with Crippen molar-refractivity contribution in [2.24, 2.45) is 5.92 Å². The van der Waals surface area contributed by atoms with Gasteiger partial charge in [-0.3, -0.25) is 9.69 Å². The van der Waals surface area contributed by atoms with Crippen molar-refractivity contribution >= 4 is 35.4 Å². The third-order valence-electron chi connectivity index (χ3n) is 5.59. The molecule has 162 valence electrons. The van der Waals surface area contributed by atoms with E-state index in [4.69, 9.17) is 28.9 Å². The first kappa shape index (κ1) is 21.7. The second-order valence-electron chi connectivity index (χ2n) is 7.77. The van der Waals surface area contributed by atoms with Gasteiger partial charge >= 0.3 is 0 Å². The average molecular weight is 456 g/mol. The summed E-state index contributed by atoms with van der Waals surface area (Å²) >= 11 is 11.7. The molecule has 0 aliphatic carbocycles. The number of nitrogens with zero attached hydrogens (tertiary/aromatic N) is 4. The molecule has 31 heavy (non-hydrogen) atoms. The Morgan fingerprint density at radius 3 is 2.65 bits per heavy atom. The van der Waals surface area contributed by atoms with Gasteiger partial charge in [0.2, 0.25) is 5.91 Å². The van der Waals surface area contributed by atoms with Crippen molar-refractivity contribution in [2.75, 3.05) is 18.4 Å². The molecule has 0 bridgehead atoms. The quantitative estimate of drug-likeness (QED) is 0.527. The van der Waals surface area contributed by atoms with Gasteiger partial charge in [-0.25, -0.2) is 4.68 Å². The summed E-state index contributed by atoms with van der Waals surface area (Å²) in [6.07, 6.45) is 1.86. The number of anilines is 1. The largest absolute Gasteiger partial charge is 0.326 e. The predicted molar refractivity (Wildman–Crippen MR) is 127 cm³/mol. The molecule has 1 amide bonds. The van der Waals surface area contributed by atoms with Crippen LogP contribution in [0.15, 0.2) is 54.6 Å². The molecule has 1 saturated heterocycles. The molecule has 0 spiro atoms. The molecule has 1 aliphatic heterocycles. The summed E-state index contributed by atoms with van der Waals surface area (Å²) in [6, 6.07) is 17.2. The van der Waals surface area contributed by atoms with Crippen molar-refractivity contribution in [2.45, 2.75) is 33.0 Å². The van der Waals surface area contributed by atoms with Gasteiger partial charge in [-0.1, -0.05) is 29.8 Å². The number of likely N-dealkylation sites (tertiary alicyclic amines) is 1. The molecule has 1 N–H and O–H groups in total. The Bertz CT molecular complexity index is 1090. The van der Waals surface area contributed by atoms with Crippen LogP contribution in [0.4, 0.5) is 5.69 Å². The number of halogens is 1. The highest BCUT2D eigenvalue weighted by Gasteiger charge is 2.26. The number of hydrogen-bond donors (Lipinski definition) is 1. The van der Waals surface area contributed by atoms with Crippen LogP contribution < -0.4 is 5.32 Å². The van der Waals surface area contributed by atoms with Crippen LogP contribution in [0.2, 0.25) is 5.02 Å². The Labute approximate surface area is 192 Å². The lowest BCUT2D eigenvalue weighted by Gasteiger charge is -2.31. The van der Waals surface area contributed by atoms with Crippen LogP contribution in [0, 0.1) is 10.7 Å². The van der Waals surface area contributed by atoms with Gasteiger partial charge in [0.1, 0.15) is 0 Å². The molecule has 1 aliphatic rings. The minimum Gasteiger partial charge on any atom is -0.326 e. The van der Waals surface area contributed by atoms with E-state index in [1.54, 1.807) is 0 Å². The van der Waals surface area contributed by atoms with Gasteiger partial charge < -0.3 is 9.88 Å². The maximum atomic E-state index is 12.8. The van der Waals surface area contributed by atoms with E-state index in [1.807, 2.05) is 63.8 Å². The number of amides is 1. The molecule has 6 nitrogen and oxygen atoms in total. The summed E-state index contributed by atoms with van der Waals surface area (Å²) < 4.78 is 4.57. The smallest absolute Gasteiger partial charge is 0.228 e. The number of rotatable bonds is 6. The molecule has 1 atom stereocenters. The first-order valence-corrected chi connectivity index (χ1v) is 11.4. The van der Waals surface area contributed by atoms with Crippen LogP contribution in [0.1, 0.15) is 19.8 Å². The maximum Gasteiger partial charge on any atom is 0.228 e. The monoisotopic (exact) mass is 455 g/mol. The molecule has 0 radical (unpaired) electrons. The molecule has 2 heterocycles. The Morgan fingerprint density at radius 2 is 1.94 bits per heavy atom. The lowest BCUT2D eigenvalue weighted by atomic mass is 9.97. The maximum absolute atomic E-state index is 12.8. The van der Waals surface area contributed by atoms with E-state index >= 15 is 0 Å². The Hall–Kier alpha value is -2.48. The van der Waals surface area contributed by atoms with Gasteiger partial charge in [0.25, 0.3) is 0 Å². The van der Waals surface area contributed by atoms with E-state index in [-0.39, 0.29) is 11.8 Å². The van der Waals surface area contributed by atoms with Gasteiger partial charge in [0.15, 0.2) is 10.6 Å². The number of piperidine rings is 1. The molecule has 1 aromatic heterocycles. The minimum absolute atomic E-state index is 0.0490. The zero-order chi connectivity index (χ0) is 21.8. The van der Waals surface area contributed by atoms with Crippen molar-refractivity contribution in [3.8, 4) is 11.4 Å². The van der Waals surface area contributed by atoms with Gasteiger partial charge in [0.05, 0.1) is 12.6 Å². The number of benzene rings is 2. The van der Waals surface area contributed by atoms with E-state index in [9.17, 15) is 4.79 Å². The van der Waals surface area contributed by atoms with Crippen LogP contribution in [-0.4, -0.2) is 38.2 Å². The topological polar surface area (TPSA) is 55.1 Å². The van der Waals surface area contributed by atoms with Gasteiger partial charge in [0, 0.05) is 29.4 Å². The van der Waals surface area contributed by atoms with Gasteiger partial charge in [-0.15, -0.1) is 0 Å². The van der Waals surface area contributed by atoms with E-state index in [1.165, 1.54) is 0 Å². The standard InChI is InChI=1S/C23H26ClN5OS/c1-2-28-21(17-10-12-19(24)13-11-17)26-29(23(28)31)16-27-14-6-7-18(15-27)22(30)25-20-8-4-3-5-9-20/h3-5,8-13,18H,2,6-7,14-16H2,1H3,(H,25,30). The highest BCUT2D eigenvalue weighted by Crippen LogP contribution is 2.23. The normalized spacial score (nSPS) is 16.9. The van der Waals surface area contributed by atoms with Crippen LogP contribution >= 0.6 is 23.8 Å². The average Bonchev–Trinajstić information content (AvgIpc) is 3.10. The molecule has 1 fully saturated rings. The van der Waals surface area contributed by atoms with Crippen LogP contribution in [-0.2, 0) is 18.0 Å². The first-order chi connectivity index (χ1) is 15.0. The summed E-state index contributed by atoms with van der Waals surface area (Å²) in [4.78, 5) is 15.0. The summed E-state index contributed by atoms with van der Waals surface area (Å²) in [5.74, 6) is 0.854. The van der Waals surface area contributed by atoms with E-state index in [0.717, 1.165) is 43.0 Å². The fourth-order valence-electron chi connectivity index (χ4n) is 3.98. The lowest BCUT2D eigenvalue weighted by Crippen LogP contribution is -2.41. The minimum atomic E-state index is -0.0490. The number of carbonyl (C=O) groups excluding carboxylic acids is 1. The zero-order valence-electron chi connectivity index (χ0n) is 17.5. The third kappa shape index (κ3) is 5.06. The Morgan fingerprint density at radius 1 is 1.19 bits per heavy atom. The molecule has 0 saturated carbocycles. The summed E-state index contributed by atoms with van der Waals surface area (Å²) in [5, 5.41) is 8.53. The summed E-state index contributed by atoms with van der Waals surface area (Å²) in [5.41, 5.74) is 1.82. The van der Waals surface area contributed by atoms with E-state index in [0.29, 0.717) is 23.0 Å². The number of nitrogens with one attached hydrogen (secondary N) is 1. The van der Waals surface area contributed by atoms with Crippen molar-refractivity contribution in [3.63, 3.8) is 0 Å². The van der Waals surface area contributed by atoms with Crippen molar-refractivity contribution in [1.29, 1.82) is 0 Å². The predicted octanol–water partition coefficient (Wildman–Crippen LogP) is 5.06.